The van der Waals surface area contributed by atoms with E-state index in [1.54, 1.807) is 0 Å². The minimum absolute atomic E-state index is 0.134. The number of halogens is 4. The molecule has 0 aliphatic heterocycles. The molecule has 1 aromatic carbocycles. The number of carbonyl (C=O) groups is 1. The molecule has 0 atom stereocenters. The van der Waals surface area contributed by atoms with Crippen LogP contribution in [0.5, 0.6) is 0 Å². The Bertz CT molecular complexity index is 411. The molecule has 1 nitrogen and oxygen atoms in total. The summed E-state index contributed by atoms with van der Waals surface area (Å²) in [6.45, 7) is 0. The first-order valence-electron chi connectivity index (χ1n) is 4.31. The van der Waals surface area contributed by atoms with Crippen LogP contribution in [-0.4, -0.2) is 6.29 Å². The Hall–Kier alpha value is -1.39. The summed E-state index contributed by atoms with van der Waals surface area (Å²) in [7, 11) is 0. The molecule has 1 fully saturated rings. The standard InChI is InChI=1S/C10H6F4O/c11-5-3-6(12)9(14)7(8(5)13)10(4-15)1-2-10/h3-4H,1-2H2. The van der Waals surface area contributed by atoms with Crippen molar-refractivity contribution in [2.24, 2.45) is 0 Å². The number of hydrogen-bond donors (Lipinski definition) is 0. The van der Waals surface area contributed by atoms with Crippen LogP contribution in [0.1, 0.15) is 18.4 Å². The first-order chi connectivity index (χ1) is 7.02. The van der Waals surface area contributed by atoms with Crippen molar-refractivity contribution in [1.82, 2.24) is 0 Å². The van der Waals surface area contributed by atoms with Gasteiger partial charge in [-0.15, -0.1) is 0 Å². The van der Waals surface area contributed by atoms with Gasteiger partial charge in [-0.1, -0.05) is 0 Å². The van der Waals surface area contributed by atoms with Crippen LogP contribution in [0.15, 0.2) is 6.07 Å². The van der Waals surface area contributed by atoms with E-state index in [0.717, 1.165) is 0 Å². The van der Waals surface area contributed by atoms with Crippen molar-refractivity contribution in [1.29, 1.82) is 0 Å². The average Bonchev–Trinajstić information content (AvgIpc) is 2.96. The van der Waals surface area contributed by atoms with Crippen LogP contribution >= 0.6 is 0 Å². The predicted molar refractivity (Wildman–Crippen MR) is 43.3 cm³/mol. The van der Waals surface area contributed by atoms with Gasteiger partial charge in [0.25, 0.3) is 0 Å². The van der Waals surface area contributed by atoms with Crippen LogP contribution in [0.3, 0.4) is 0 Å². The quantitative estimate of drug-likeness (QED) is 0.423. The van der Waals surface area contributed by atoms with Gasteiger partial charge < -0.3 is 4.79 Å². The van der Waals surface area contributed by atoms with Crippen LogP contribution in [-0.2, 0) is 10.2 Å². The van der Waals surface area contributed by atoms with Crippen molar-refractivity contribution in [2.75, 3.05) is 0 Å². The van der Waals surface area contributed by atoms with Crippen LogP contribution < -0.4 is 0 Å². The van der Waals surface area contributed by atoms with Crippen molar-refractivity contribution >= 4 is 6.29 Å². The van der Waals surface area contributed by atoms with Crippen molar-refractivity contribution in [2.45, 2.75) is 18.3 Å². The fourth-order valence-corrected chi connectivity index (χ4v) is 1.57. The van der Waals surface area contributed by atoms with Gasteiger partial charge in [-0.25, -0.2) is 17.6 Å². The lowest BCUT2D eigenvalue weighted by Crippen LogP contribution is -2.16. The second kappa shape index (κ2) is 3.05. The van der Waals surface area contributed by atoms with Crippen LogP contribution in [0, 0.1) is 23.3 Å². The molecule has 2 rings (SSSR count). The Morgan fingerprint density at radius 2 is 1.53 bits per heavy atom. The summed E-state index contributed by atoms with van der Waals surface area (Å²) in [6, 6.07) is 0.134. The molecule has 5 heteroatoms. The Labute approximate surface area is 82.7 Å². The minimum atomic E-state index is -1.47. The first kappa shape index (κ1) is 10.1. The molecule has 1 aliphatic carbocycles. The third kappa shape index (κ3) is 1.33. The molecule has 0 N–H and O–H groups in total. The molecule has 15 heavy (non-hydrogen) atoms. The molecule has 1 aromatic rings. The summed E-state index contributed by atoms with van der Waals surface area (Å²) in [5, 5.41) is 0. The highest BCUT2D eigenvalue weighted by molar-refractivity contribution is 5.73. The van der Waals surface area contributed by atoms with Crippen LogP contribution in [0.4, 0.5) is 17.6 Å². The van der Waals surface area contributed by atoms with Gasteiger partial charge in [-0.05, 0) is 12.8 Å². The van der Waals surface area contributed by atoms with Gasteiger partial charge in [-0.2, -0.15) is 0 Å². The van der Waals surface area contributed by atoms with Crippen molar-refractivity contribution < 1.29 is 22.4 Å². The smallest absolute Gasteiger partial charge is 0.166 e. The lowest BCUT2D eigenvalue weighted by molar-refractivity contribution is -0.110. The normalized spacial score (nSPS) is 17.6. The second-order valence-electron chi connectivity index (χ2n) is 3.62. The zero-order valence-electron chi connectivity index (χ0n) is 7.49. The molecular formula is C10H6F4O. The van der Waals surface area contributed by atoms with Gasteiger partial charge in [-0.3, -0.25) is 0 Å². The molecule has 0 saturated heterocycles. The van der Waals surface area contributed by atoms with E-state index >= 15 is 0 Å². The highest BCUT2D eigenvalue weighted by atomic mass is 19.2. The maximum atomic E-state index is 13.2. The summed E-state index contributed by atoms with van der Waals surface area (Å²) in [5.41, 5.74) is -2.15. The molecule has 0 heterocycles. The predicted octanol–water partition coefficient (Wildman–Crippen LogP) is 2.47. The minimum Gasteiger partial charge on any atom is -0.302 e. The fraction of sp³-hybridized carbons (Fsp3) is 0.300. The van der Waals surface area contributed by atoms with Gasteiger partial charge >= 0.3 is 0 Å². The maximum Gasteiger partial charge on any atom is 0.166 e. The Morgan fingerprint density at radius 1 is 1.07 bits per heavy atom. The summed E-state index contributed by atoms with van der Waals surface area (Å²) in [6.07, 6.45) is 0.772. The molecule has 0 aromatic heterocycles. The Morgan fingerprint density at radius 3 is 1.87 bits per heavy atom. The summed E-state index contributed by atoms with van der Waals surface area (Å²) in [4.78, 5) is 10.6. The maximum absolute atomic E-state index is 13.2. The number of rotatable bonds is 2. The zero-order chi connectivity index (χ0) is 11.2. The average molecular weight is 218 g/mol. The molecule has 1 saturated carbocycles. The van der Waals surface area contributed by atoms with E-state index < -0.39 is 34.2 Å². The number of carbonyl (C=O) groups excluding carboxylic acids is 1. The van der Waals surface area contributed by atoms with E-state index in [4.69, 9.17) is 0 Å². The topological polar surface area (TPSA) is 17.1 Å². The van der Waals surface area contributed by atoms with E-state index in [-0.39, 0.29) is 18.9 Å². The van der Waals surface area contributed by atoms with E-state index in [9.17, 15) is 22.4 Å². The lowest BCUT2D eigenvalue weighted by Gasteiger charge is -2.11. The van der Waals surface area contributed by atoms with Gasteiger partial charge in [0.1, 0.15) is 6.29 Å². The highest BCUT2D eigenvalue weighted by Gasteiger charge is 2.49. The fourth-order valence-electron chi connectivity index (χ4n) is 1.57. The molecule has 0 unspecified atom stereocenters. The zero-order valence-corrected chi connectivity index (χ0v) is 7.49. The highest BCUT2D eigenvalue weighted by Crippen LogP contribution is 2.48. The van der Waals surface area contributed by atoms with Gasteiger partial charge in [0.15, 0.2) is 23.3 Å². The third-order valence-corrected chi connectivity index (χ3v) is 2.62. The second-order valence-corrected chi connectivity index (χ2v) is 3.62. The van der Waals surface area contributed by atoms with E-state index in [1.165, 1.54) is 0 Å². The molecule has 0 spiro atoms. The largest absolute Gasteiger partial charge is 0.302 e. The molecule has 0 bridgehead atoms. The van der Waals surface area contributed by atoms with Crippen LogP contribution in [0.25, 0.3) is 0 Å². The molecular weight excluding hydrogens is 212 g/mol. The number of benzene rings is 1. The Kier molecular flexibility index (Phi) is 2.06. The SMILES string of the molecule is O=CC1(c2c(F)c(F)cc(F)c2F)CC1. The van der Waals surface area contributed by atoms with Gasteiger partial charge in [0, 0.05) is 11.6 Å². The molecule has 0 radical (unpaired) electrons. The van der Waals surface area contributed by atoms with Gasteiger partial charge in [0.2, 0.25) is 0 Å². The number of hydrogen-bond acceptors (Lipinski definition) is 1. The van der Waals surface area contributed by atoms with Gasteiger partial charge in [0.05, 0.1) is 5.41 Å². The van der Waals surface area contributed by atoms with E-state index in [0.29, 0.717) is 6.29 Å². The Balaban J connectivity index is 2.69. The summed E-state index contributed by atoms with van der Waals surface area (Å²) >= 11 is 0. The molecule has 80 valence electrons. The lowest BCUT2D eigenvalue weighted by atomic mass is 9.96. The van der Waals surface area contributed by atoms with E-state index in [2.05, 4.69) is 0 Å². The third-order valence-electron chi connectivity index (χ3n) is 2.62. The summed E-state index contributed by atoms with van der Waals surface area (Å²) < 4.78 is 52.1. The van der Waals surface area contributed by atoms with E-state index in [1.807, 2.05) is 0 Å². The first-order valence-corrected chi connectivity index (χ1v) is 4.31. The number of aldehydes is 1. The molecule has 0 amide bonds. The monoisotopic (exact) mass is 218 g/mol. The van der Waals surface area contributed by atoms with Crippen molar-refractivity contribution in [3.05, 3.63) is 34.9 Å². The van der Waals surface area contributed by atoms with Crippen molar-refractivity contribution in [3.63, 3.8) is 0 Å². The van der Waals surface area contributed by atoms with Crippen molar-refractivity contribution in [3.8, 4) is 0 Å². The van der Waals surface area contributed by atoms with Crippen LogP contribution in [0.2, 0.25) is 0 Å². The summed E-state index contributed by atoms with van der Waals surface area (Å²) in [5.74, 6) is -5.90. The molecule has 1 aliphatic rings.